The fourth-order valence-electron chi connectivity index (χ4n) is 2.45. The van der Waals surface area contributed by atoms with Gasteiger partial charge in [0.2, 0.25) is 11.8 Å². The summed E-state index contributed by atoms with van der Waals surface area (Å²) in [6, 6.07) is 24.6. The predicted octanol–water partition coefficient (Wildman–Crippen LogP) is 4.32. The van der Waals surface area contributed by atoms with Crippen molar-refractivity contribution in [2.75, 3.05) is 10.6 Å². The summed E-state index contributed by atoms with van der Waals surface area (Å²) in [6.07, 6.45) is -0.348. The Balaban J connectivity index is 1.60. The number of anilines is 2. The Morgan fingerprint density at radius 1 is 0.821 bits per heavy atom. The molecule has 0 spiro atoms. The van der Waals surface area contributed by atoms with Crippen molar-refractivity contribution in [1.29, 1.82) is 5.26 Å². The highest BCUT2D eigenvalue weighted by atomic mass is 16.5. The molecule has 3 aromatic rings. The number of benzene rings is 3. The molecule has 0 saturated heterocycles. The summed E-state index contributed by atoms with van der Waals surface area (Å²) in [7, 11) is 0. The number of rotatable bonds is 6. The van der Waals surface area contributed by atoms with Gasteiger partial charge in [-0.05, 0) is 48.5 Å². The molecule has 6 heteroatoms. The second-order valence-corrected chi connectivity index (χ2v) is 5.87. The van der Waals surface area contributed by atoms with Gasteiger partial charge in [0.15, 0.2) is 5.75 Å². The number of ether oxygens (including phenoxy) is 1. The minimum atomic E-state index is -0.463. The predicted molar refractivity (Wildman–Crippen MR) is 106 cm³/mol. The molecule has 0 bridgehead atoms. The lowest BCUT2D eigenvalue weighted by Gasteiger charge is -2.12. The van der Waals surface area contributed by atoms with E-state index in [4.69, 9.17) is 10.00 Å². The highest BCUT2D eigenvalue weighted by Gasteiger charge is 2.13. The molecule has 0 heterocycles. The SMILES string of the molecule is N#Cc1ccc(NC(=O)CC(=O)Nc2ccccc2Oc2ccccc2)cc1. The highest BCUT2D eigenvalue weighted by molar-refractivity contribution is 6.08. The zero-order chi connectivity index (χ0) is 19.8. The van der Waals surface area contributed by atoms with Gasteiger partial charge in [-0.1, -0.05) is 30.3 Å². The van der Waals surface area contributed by atoms with Gasteiger partial charge in [-0.3, -0.25) is 9.59 Å². The van der Waals surface area contributed by atoms with Crippen LogP contribution in [0.15, 0.2) is 78.9 Å². The topological polar surface area (TPSA) is 91.2 Å². The molecule has 3 aromatic carbocycles. The van der Waals surface area contributed by atoms with Gasteiger partial charge < -0.3 is 15.4 Å². The normalized spacial score (nSPS) is 9.82. The first-order valence-electron chi connectivity index (χ1n) is 8.56. The minimum Gasteiger partial charge on any atom is -0.455 e. The van der Waals surface area contributed by atoms with Crippen LogP contribution in [0.5, 0.6) is 11.5 Å². The van der Waals surface area contributed by atoms with Crippen LogP contribution in [0.2, 0.25) is 0 Å². The van der Waals surface area contributed by atoms with Crippen LogP contribution < -0.4 is 15.4 Å². The van der Waals surface area contributed by atoms with Crippen LogP contribution >= 0.6 is 0 Å². The van der Waals surface area contributed by atoms with Crippen LogP contribution in [0.25, 0.3) is 0 Å². The molecule has 2 amide bonds. The van der Waals surface area contributed by atoms with Crippen molar-refractivity contribution in [2.45, 2.75) is 6.42 Å². The van der Waals surface area contributed by atoms with E-state index >= 15 is 0 Å². The van der Waals surface area contributed by atoms with E-state index < -0.39 is 11.8 Å². The monoisotopic (exact) mass is 371 g/mol. The molecular formula is C22H17N3O3. The maximum atomic E-state index is 12.2. The van der Waals surface area contributed by atoms with Gasteiger partial charge in [0.1, 0.15) is 12.2 Å². The Bertz CT molecular complexity index is 1010. The smallest absolute Gasteiger partial charge is 0.233 e. The summed E-state index contributed by atoms with van der Waals surface area (Å²) >= 11 is 0. The van der Waals surface area contributed by atoms with Crippen molar-refractivity contribution in [1.82, 2.24) is 0 Å². The molecule has 0 radical (unpaired) electrons. The van der Waals surface area contributed by atoms with Crippen molar-refractivity contribution in [3.8, 4) is 17.6 Å². The summed E-state index contributed by atoms with van der Waals surface area (Å²) in [5, 5.41) is 14.1. The molecule has 3 rings (SSSR count). The largest absolute Gasteiger partial charge is 0.455 e. The lowest BCUT2D eigenvalue weighted by atomic mass is 10.2. The van der Waals surface area contributed by atoms with Crippen LogP contribution in [-0.2, 0) is 9.59 Å². The van der Waals surface area contributed by atoms with Crippen LogP contribution in [0.4, 0.5) is 11.4 Å². The van der Waals surface area contributed by atoms with Gasteiger partial charge in [-0.2, -0.15) is 5.26 Å². The Labute approximate surface area is 162 Å². The lowest BCUT2D eigenvalue weighted by molar-refractivity contribution is -0.123. The average molecular weight is 371 g/mol. The molecule has 0 saturated carbocycles. The molecule has 28 heavy (non-hydrogen) atoms. The van der Waals surface area contributed by atoms with Crippen molar-refractivity contribution in [2.24, 2.45) is 0 Å². The number of carbonyl (C=O) groups excluding carboxylic acids is 2. The fraction of sp³-hybridized carbons (Fsp3) is 0.0455. The second kappa shape index (κ2) is 9.01. The molecule has 138 valence electrons. The first kappa shape index (κ1) is 18.7. The average Bonchev–Trinajstić information content (AvgIpc) is 2.70. The Hall–Kier alpha value is -4.11. The molecule has 0 aliphatic rings. The zero-order valence-electron chi connectivity index (χ0n) is 14.9. The number of nitrogens with zero attached hydrogens (tertiary/aromatic N) is 1. The van der Waals surface area contributed by atoms with Gasteiger partial charge in [0.05, 0.1) is 17.3 Å². The first-order valence-corrected chi connectivity index (χ1v) is 8.56. The number of hydrogen-bond donors (Lipinski definition) is 2. The van der Waals surface area contributed by atoms with Crippen LogP contribution in [0, 0.1) is 11.3 Å². The number of carbonyl (C=O) groups is 2. The first-order chi connectivity index (χ1) is 13.6. The van der Waals surface area contributed by atoms with Crippen LogP contribution in [0.3, 0.4) is 0 Å². The van der Waals surface area contributed by atoms with E-state index in [1.165, 1.54) is 0 Å². The van der Waals surface area contributed by atoms with Gasteiger partial charge in [0.25, 0.3) is 0 Å². The van der Waals surface area contributed by atoms with E-state index in [1.54, 1.807) is 48.5 Å². The Morgan fingerprint density at radius 2 is 1.46 bits per heavy atom. The van der Waals surface area contributed by atoms with Crippen molar-refractivity contribution >= 4 is 23.2 Å². The van der Waals surface area contributed by atoms with E-state index in [-0.39, 0.29) is 6.42 Å². The summed E-state index contributed by atoms with van der Waals surface area (Å²) in [6.45, 7) is 0. The molecule has 0 fully saturated rings. The molecule has 0 aliphatic heterocycles. The number of para-hydroxylation sites is 3. The van der Waals surface area contributed by atoms with Crippen molar-refractivity contribution in [3.63, 3.8) is 0 Å². The molecule has 0 aliphatic carbocycles. The molecule has 0 aromatic heterocycles. The number of nitriles is 1. The van der Waals surface area contributed by atoms with E-state index in [0.717, 1.165) is 0 Å². The number of nitrogens with one attached hydrogen (secondary N) is 2. The summed E-state index contributed by atoms with van der Waals surface area (Å²) in [5.41, 5.74) is 1.48. The summed E-state index contributed by atoms with van der Waals surface area (Å²) < 4.78 is 5.79. The Morgan fingerprint density at radius 3 is 2.18 bits per heavy atom. The minimum absolute atomic E-state index is 0.348. The third-order valence-corrected chi connectivity index (χ3v) is 3.75. The third kappa shape index (κ3) is 5.19. The maximum Gasteiger partial charge on any atom is 0.233 e. The number of hydrogen-bond acceptors (Lipinski definition) is 4. The van der Waals surface area contributed by atoms with E-state index in [9.17, 15) is 9.59 Å². The van der Waals surface area contributed by atoms with Gasteiger partial charge >= 0.3 is 0 Å². The quantitative estimate of drug-likeness (QED) is 0.631. The maximum absolute atomic E-state index is 12.2. The van der Waals surface area contributed by atoms with E-state index in [1.807, 2.05) is 36.4 Å². The molecule has 0 atom stereocenters. The molecule has 6 nitrogen and oxygen atoms in total. The number of amides is 2. The van der Waals surface area contributed by atoms with Gasteiger partial charge in [0, 0.05) is 5.69 Å². The second-order valence-electron chi connectivity index (χ2n) is 5.87. The van der Waals surface area contributed by atoms with Crippen molar-refractivity contribution < 1.29 is 14.3 Å². The van der Waals surface area contributed by atoms with Gasteiger partial charge in [-0.25, -0.2) is 0 Å². The summed E-state index contributed by atoms with van der Waals surface area (Å²) in [4.78, 5) is 24.3. The van der Waals surface area contributed by atoms with E-state index in [0.29, 0.717) is 28.4 Å². The zero-order valence-corrected chi connectivity index (χ0v) is 14.9. The van der Waals surface area contributed by atoms with Crippen molar-refractivity contribution in [3.05, 3.63) is 84.4 Å². The van der Waals surface area contributed by atoms with Gasteiger partial charge in [-0.15, -0.1) is 0 Å². The van der Waals surface area contributed by atoms with E-state index in [2.05, 4.69) is 10.6 Å². The Kier molecular flexibility index (Phi) is 6.01. The molecular weight excluding hydrogens is 354 g/mol. The standard InChI is InChI=1S/C22H17N3O3/c23-15-16-10-12-17(13-11-16)24-21(26)14-22(27)25-19-8-4-5-9-20(19)28-18-6-2-1-3-7-18/h1-13H,14H2,(H,24,26)(H,25,27). The van der Waals surface area contributed by atoms with Crippen LogP contribution in [-0.4, -0.2) is 11.8 Å². The lowest BCUT2D eigenvalue weighted by Crippen LogP contribution is -2.21. The molecule has 2 N–H and O–H groups in total. The fourth-order valence-corrected chi connectivity index (χ4v) is 2.45. The van der Waals surface area contributed by atoms with Crippen LogP contribution in [0.1, 0.15) is 12.0 Å². The highest BCUT2D eigenvalue weighted by Crippen LogP contribution is 2.29. The molecule has 0 unspecified atom stereocenters. The third-order valence-electron chi connectivity index (χ3n) is 3.75. The summed E-state index contributed by atoms with van der Waals surface area (Å²) in [5.74, 6) is 0.205.